The molecule has 0 aromatic rings. The van der Waals surface area contributed by atoms with Gasteiger partial charge in [-0.25, -0.2) is 0 Å². The highest BCUT2D eigenvalue weighted by molar-refractivity contribution is 5.80. The maximum atomic E-state index is 11.7. The highest BCUT2D eigenvalue weighted by atomic mass is 16.5. The summed E-state index contributed by atoms with van der Waals surface area (Å²) in [5, 5.41) is 3.00. The van der Waals surface area contributed by atoms with E-state index in [0.717, 1.165) is 6.61 Å². The summed E-state index contributed by atoms with van der Waals surface area (Å²) < 4.78 is 10.5. The Bertz CT molecular complexity index is 206. The molecule has 0 spiro atoms. The molecule has 0 aliphatic heterocycles. The van der Waals surface area contributed by atoms with E-state index in [2.05, 4.69) is 19.2 Å². The fraction of sp³-hybridized carbons (Fsp3) is 0.917. The third-order valence-corrected chi connectivity index (χ3v) is 2.48. The Kier molecular flexibility index (Phi) is 7.34. The Morgan fingerprint density at radius 2 is 2.06 bits per heavy atom. The van der Waals surface area contributed by atoms with Gasteiger partial charge in [-0.2, -0.15) is 0 Å². The van der Waals surface area contributed by atoms with Crippen LogP contribution in [0.2, 0.25) is 0 Å². The van der Waals surface area contributed by atoms with Gasteiger partial charge in [0.2, 0.25) is 0 Å². The molecular formula is C12H25NO3. The number of nitrogens with one attached hydrogen (secondary N) is 1. The Balaban J connectivity index is 4.01. The van der Waals surface area contributed by atoms with Crippen molar-refractivity contribution in [1.29, 1.82) is 0 Å². The highest BCUT2D eigenvalue weighted by Gasteiger charge is 2.32. The minimum atomic E-state index is -0.646. The second-order valence-corrected chi connectivity index (χ2v) is 4.52. The third-order valence-electron chi connectivity index (χ3n) is 2.48. The van der Waals surface area contributed by atoms with Crippen LogP contribution in [0.25, 0.3) is 0 Å². The molecular weight excluding hydrogens is 206 g/mol. The first-order chi connectivity index (χ1) is 7.46. The van der Waals surface area contributed by atoms with Crippen molar-refractivity contribution in [2.75, 3.05) is 26.9 Å². The molecule has 0 saturated carbocycles. The van der Waals surface area contributed by atoms with Gasteiger partial charge in [-0.15, -0.1) is 0 Å². The van der Waals surface area contributed by atoms with Crippen molar-refractivity contribution in [1.82, 2.24) is 5.32 Å². The molecule has 0 fully saturated rings. The maximum Gasteiger partial charge on any atom is 0.326 e. The van der Waals surface area contributed by atoms with Gasteiger partial charge in [-0.3, -0.25) is 4.79 Å². The summed E-state index contributed by atoms with van der Waals surface area (Å²) in [6, 6.07) is 0. The van der Waals surface area contributed by atoms with Crippen LogP contribution in [0.3, 0.4) is 0 Å². The molecule has 0 aromatic heterocycles. The molecule has 0 amide bonds. The van der Waals surface area contributed by atoms with Crippen LogP contribution >= 0.6 is 0 Å². The Labute approximate surface area is 98.7 Å². The van der Waals surface area contributed by atoms with E-state index < -0.39 is 5.54 Å². The van der Waals surface area contributed by atoms with Gasteiger partial charge in [0.1, 0.15) is 5.54 Å². The molecule has 0 aliphatic rings. The van der Waals surface area contributed by atoms with Gasteiger partial charge in [0.25, 0.3) is 0 Å². The molecule has 16 heavy (non-hydrogen) atoms. The molecule has 96 valence electrons. The van der Waals surface area contributed by atoms with E-state index in [1.165, 1.54) is 0 Å². The van der Waals surface area contributed by atoms with E-state index in [9.17, 15) is 4.79 Å². The van der Waals surface area contributed by atoms with Gasteiger partial charge in [-0.05, 0) is 33.2 Å². The summed E-state index contributed by atoms with van der Waals surface area (Å²) in [5.74, 6) is 0.300. The van der Waals surface area contributed by atoms with Crippen LogP contribution in [-0.2, 0) is 14.3 Å². The largest absolute Gasteiger partial charge is 0.465 e. The van der Waals surface area contributed by atoms with Crippen LogP contribution in [0.5, 0.6) is 0 Å². The number of hydrogen-bond acceptors (Lipinski definition) is 4. The minimum Gasteiger partial charge on any atom is -0.465 e. The quantitative estimate of drug-likeness (QED) is 0.509. The van der Waals surface area contributed by atoms with Gasteiger partial charge < -0.3 is 14.8 Å². The fourth-order valence-corrected chi connectivity index (χ4v) is 1.21. The van der Waals surface area contributed by atoms with Crippen molar-refractivity contribution >= 4 is 5.97 Å². The average Bonchev–Trinajstić information content (AvgIpc) is 2.24. The first kappa shape index (κ1) is 15.4. The Hall–Kier alpha value is -0.610. The molecule has 0 heterocycles. The topological polar surface area (TPSA) is 47.6 Å². The summed E-state index contributed by atoms with van der Waals surface area (Å²) in [4.78, 5) is 11.7. The summed E-state index contributed by atoms with van der Waals surface area (Å²) in [5.41, 5.74) is -0.646. The average molecular weight is 231 g/mol. The molecule has 4 heteroatoms. The fourth-order valence-electron chi connectivity index (χ4n) is 1.21. The number of carbonyl (C=O) groups excluding carboxylic acids is 1. The first-order valence-electron chi connectivity index (χ1n) is 5.90. The van der Waals surface area contributed by atoms with Gasteiger partial charge in [-0.1, -0.05) is 13.8 Å². The van der Waals surface area contributed by atoms with Crippen molar-refractivity contribution in [3.8, 4) is 0 Å². The van der Waals surface area contributed by atoms with E-state index in [1.807, 2.05) is 13.8 Å². The molecule has 0 aromatic carbocycles. The SMILES string of the molecule is CCOC(=O)C(C)(CCOCC(C)C)NC. The van der Waals surface area contributed by atoms with Crippen molar-refractivity contribution < 1.29 is 14.3 Å². The van der Waals surface area contributed by atoms with Crippen molar-refractivity contribution in [3.05, 3.63) is 0 Å². The van der Waals surface area contributed by atoms with Gasteiger partial charge in [0, 0.05) is 13.2 Å². The number of ether oxygens (including phenoxy) is 2. The number of likely N-dealkylation sites (N-methyl/N-ethyl adjacent to an activating group) is 1. The normalized spacial score (nSPS) is 14.9. The predicted molar refractivity (Wildman–Crippen MR) is 64.4 cm³/mol. The second-order valence-electron chi connectivity index (χ2n) is 4.52. The van der Waals surface area contributed by atoms with Crippen LogP contribution in [0.15, 0.2) is 0 Å². The minimum absolute atomic E-state index is 0.217. The Morgan fingerprint density at radius 3 is 2.50 bits per heavy atom. The summed E-state index contributed by atoms with van der Waals surface area (Å²) in [7, 11) is 1.76. The number of rotatable bonds is 8. The molecule has 0 bridgehead atoms. The molecule has 0 saturated heterocycles. The molecule has 1 atom stereocenters. The monoisotopic (exact) mass is 231 g/mol. The van der Waals surface area contributed by atoms with E-state index in [4.69, 9.17) is 9.47 Å². The molecule has 0 rings (SSSR count). The lowest BCUT2D eigenvalue weighted by Gasteiger charge is -2.26. The van der Waals surface area contributed by atoms with Crippen LogP contribution in [0.4, 0.5) is 0 Å². The lowest BCUT2D eigenvalue weighted by Crippen LogP contribution is -2.49. The van der Waals surface area contributed by atoms with Crippen molar-refractivity contribution in [2.45, 2.75) is 39.7 Å². The molecule has 1 unspecified atom stereocenters. The zero-order valence-corrected chi connectivity index (χ0v) is 11.1. The molecule has 0 aliphatic carbocycles. The van der Waals surface area contributed by atoms with Gasteiger partial charge >= 0.3 is 5.97 Å². The van der Waals surface area contributed by atoms with Crippen LogP contribution in [0.1, 0.15) is 34.1 Å². The number of hydrogen-bond donors (Lipinski definition) is 1. The zero-order chi connectivity index (χ0) is 12.6. The van der Waals surface area contributed by atoms with Crippen LogP contribution < -0.4 is 5.32 Å². The number of carbonyl (C=O) groups is 1. The predicted octanol–water partition coefficient (Wildman–Crippen LogP) is 1.59. The number of esters is 1. The van der Waals surface area contributed by atoms with E-state index >= 15 is 0 Å². The van der Waals surface area contributed by atoms with E-state index in [1.54, 1.807) is 7.05 Å². The molecule has 0 radical (unpaired) electrons. The first-order valence-corrected chi connectivity index (χ1v) is 5.90. The van der Waals surface area contributed by atoms with Gasteiger partial charge in [0.05, 0.1) is 6.61 Å². The molecule has 4 nitrogen and oxygen atoms in total. The van der Waals surface area contributed by atoms with E-state index in [0.29, 0.717) is 25.6 Å². The standard InChI is InChI=1S/C12H25NO3/c1-6-16-11(14)12(4,13-5)7-8-15-9-10(2)3/h10,13H,6-9H2,1-5H3. The lowest BCUT2D eigenvalue weighted by atomic mass is 9.99. The van der Waals surface area contributed by atoms with E-state index in [-0.39, 0.29) is 5.97 Å². The third kappa shape index (κ3) is 5.47. The molecule has 1 N–H and O–H groups in total. The smallest absolute Gasteiger partial charge is 0.326 e. The van der Waals surface area contributed by atoms with Crippen LogP contribution in [-0.4, -0.2) is 38.4 Å². The maximum absolute atomic E-state index is 11.7. The highest BCUT2D eigenvalue weighted by Crippen LogP contribution is 2.12. The lowest BCUT2D eigenvalue weighted by molar-refractivity contribution is -0.151. The van der Waals surface area contributed by atoms with Crippen LogP contribution in [0, 0.1) is 5.92 Å². The second kappa shape index (κ2) is 7.63. The summed E-state index contributed by atoms with van der Waals surface area (Å²) >= 11 is 0. The Morgan fingerprint density at radius 1 is 1.44 bits per heavy atom. The van der Waals surface area contributed by atoms with Crippen molar-refractivity contribution in [3.63, 3.8) is 0 Å². The van der Waals surface area contributed by atoms with Crippen molar-refractivity contribution in [2.24, 2.45) is 5.92 Å². The van der Waals surface area contributed by atoms with Gasteiger partial charge in [0.15, 0.2) is 0 Å². The summed E-state index contributed by atoms with van der Waals surface area (Å²) in [6.07, 6.45) is 0.620. The zero-order valence-electron chi connectivity index (χ0n) is 11.1. The summed E-state index contributed by atoms with van der Waals surface area (Å²) in [6.45, 7) is 9.54.